The van der Waals surface area contributed by atoms with E-state index < -0.39 is 40.2 Å². The van der Waals surface area contributed by atoms with Gasteiger partial charge in [-0.05, 0) is 56.7 Å². The molecule has 34 heavy (non-hydrogen) atoms. The Hall–Kier alpha value is -2.36. The van der Waals surface area contributed by atoms with Crippen LogP contribution >= 0.6 is 23.2 Å². The van der Waals surface area contributed by atoms with Crippen LogP contribution in [-0.2, 0) is 26.2 Å². The monoisotopic (exact) mass is 531 g/mol. The van der Waals surface area contributed by atoms with E-state index >= 15 is 0 Å². The van der Waals surface area contributed by atoms with Crippen molar-refractivity contribution in [2.75, 3.05) is 17.1 Å². The molecule has 0 bridgehead atoms. The molecule has 0 aliphatic rings. The van der Waals surface area contributed by atoms with Crippen LogP contribution in [-0.4, -0.2) is 50.0 Å². The van der Waals surface area contributed by atoms with Crippen molar-refractivity contribution in [3.05, 3.63) is 63.9 Å². The minimum absolute atomic E-state index is 0.115. The molecule has 2 aromatic rings. The maximum Gasteiger partial charge on any atom is 0.244 e. The van der Waals surface area contributed by atoms with E-state index in [1.165, 1.54) is 17.0 Å². The normalized spacial score (nSPS) is 13.1. The Kier molecular flexibility index (Phi) is 9.73. The third-order valence-corrected chi connectivity index (χ3v) is 7.20. The number of sulfonamides is 1. The van der Waals surface area contributed by atoms with E-state index in [1.807, 2.05) is 13.8 Å². The fourth-order valence-electron chi connectivity index (χ4n) is 3.12. The first-order valence-corrected chi connectivity index (χ1v) is 13.2. The average Bonchev–Trinajstić information content (AvgIpc) is 2.76. The van der Waals surface area contributed by atoms with Gasteiger partial charge in [0, 0.05) is 28.2 Å². The van der Waals surface area contributed by atoms with Crippen molar-refractivity contribution in [2.24, 2.45) is 0 Å². The van der Waals surface area contributed by atoms with Crippen LogP contribution in [0.3, 0.4) is 0 Å². The summed E-state index contributed by atoms with van der Waals surface area (Å²) in [6, 6.07) is 8.51. The highest BCUT2D eigenvalue weighted by atomic mass is 35.5. The van der Waals surface area contributed by atoms with Crippen molar-refractivity contribution < 1.29 is 22.4 Å². The maximum absolute atomic E-state index is 13.4. The molecule has 1 N–H and O–H groups in total. The SMILES string of the molecule is CC[C@H](C)NC(=O)[C@@H](C)N(Cc1c(Cl)cccc1Cl)C(=O)CN(c1ccc(F)cc1)S(C)(=O)=O. The summed E-state index contributed by atoms with van der Waals surface area (Å²) in [5.41, 5.74) is 0.541. The van der Waals surface area contributed by atoms with Crippen LogP contribution in [0.1, 0.15) is 32.8 Å². The molecule has 2 amide bonds. The molecule has 2 aromatic carbocycles. The van der Waals surface area contributed by atoms with Crippen molar-refractivity contribution in [2.45, 2.75) is 45.8 Å². The number of nitrogens with zero attached hydrogens (tertiary/aromatic N) is 2. The van der Waals surface area contributed by atoms with Gasteiger partial charge in [-0.2, -0.15) is 0 Å². The van der Waals surface area contributed by atoms with Gasteiger partial charge in [-0.15, -0.1) is 0 Å². The van der Waals surface area contributed by atoms with E-state index in [9.17, 15) is 22.4 Å². The maximum atomic E-state index is 13.4. The standard InChI is InChI=1S/C23H28Cl2FN3O4S/c1-5-15(2)27-23(31)16(3)28(13-19-20(24)7-6-8-21(19)25)22(30)14-29(34(4,32)33)18-11-9-17(26)10-12-18/h6-12,15-16H,5,13-14H2,1-4H3,(H,27,31)/t15-,16+/m0/s1. The van der Waals surface area contributed by atoms with Crippen molar-refractivity contribution in [3.8, 4) is 0 Å². The molecule has 0 aliphatic carbocycles. The Labute approximate surface area is 209 Å². The fourth-order valence-corrected chi connectivity index (χ4v) is 4.49. The lowest BCUT2D eigenvalue weighted by atomic mass is 10.1. The molecular formula is C23H28Cl2FN3O4S. The molecule has 2 atom stereocenters. The van der Waals surface area contributed by atoms with Crippen molar-refractivity contribution in [3.63, 3.8) is 0 Å². The number of anilines is 1. The highest BCUT2D eigenvalue weighted by Crippen LogP contribution is 2.27. The predicted octanol–water partition coefficient (Wildman–Crippen LogP) is 4.23. The minimum atomic E-state index is -3.91. The lowest BCUT2D eigenvalue weighted by Gasteiger charge is -2.32. The van der Waals surface area contributed by atoms with E-state index in [2.05, 4.69) is 5.32 Å². The van der Waals surface area contributed by atoms with E-state index in [0.29, 0.717) is 22.0 Å². The first-order chi connectivity index (χ1) is 15.8. The number of halogens is 3. The summed E-state index contributed by atoms with van der Waals surface area (Å²) in [7, 11) is -3.91. The average molecular weight is 532 g/mol. The van der Waals surface area contributed by atoms with Gasteiger partial charge in [0.15, 0.2) is 0 Å². The quantitative estimate of drug-likeness (QED) is 0.496. The molecule has 0 fully saturated rings. The summed E-state index contributed by atoms with van der Waals surface area (Å²) in [4.78, 5) is 27.5. The van der Waals surface area contributed by atoms with Crippen molar-refractivity contribution >= 4 is 50.7 Å². The molecule has 0 spiro atoms. The van der Waals surface area contributed by atoms with Crippen LogP contribution < -0.4 is 9.62 Å². The van der Waals surface area contributed by atoms with Gasteiger partial charge in [0.2, 0.25) is 21.8 Å². The van der Waals surface area contributed by atoms with E-state index in [-0.39, 0.29) is 18.3 Å². The molecule has 2 rings (SSSR count). The summed E-state index contributed by atoms with van der Waals surface area (Å²) < 4.78 is 39.2. The minimum Gasteiger partial charge on any atom is -0.352 e. The Morgan fingerprint density at radius 3 is 2.12 bits per heavy atom. The molecule has 0 saturated carbocycles. The smallest absolute Gasteiger partial charge is 0.244 e. The van der Waals surface area contributed by atoms with Crippen LogP contribution in [0.15, 0.2) is 42.5 Å². The summed E-state index contributed by atoms with van der Waals surface area (Å²) >= 11 is 12.6. The van der Waals surface area contributed by atoms with E-state index in [1.54, 1.807) is 25.1 Å². The molecule has 0 unspecified atom stereocenters. The number of hydrogen-bond donors (Lipinski definition) is 1. The number of amides is 2. The highest BCUT2D eigenvalue weighted by molar-refractivity contribution is 7.92. The zero-order valence-electron chi connectivity index (χ0n) is 19.4. The summed E-state index contributed by atoms with van der Waals surface area (Å²) in [5.74, 6) is -1.61. The van der Waals surface area contributed by atoms with Gasteiger partial charge in [-0.1, -0.05) is 36.2 Å². The number of carbonyl (C=O) groups is 2. The Balaban J connectivity index is 2.43. The van der Waals surface area contributed by atoms with Crippen LogP contribution in [0.2, 0.25) is 10.0 Å². The topological polar surface area (TPSA) is 86.8 Å². The zero-order chi connectivity index (χ0) is 25.6. The molecule has 0 heterocycles. The summed E-state index contributed by atoms with van der Waals surface area (Å²) in [5, 5.41) is 3.44. The van der Waals surface area contributed by atoms with Gasteiger partial charge in [0.25, 0.3) is 0 Å². The zero-order valence-corrected chi connectivity index (χ0v) is 21.7. The molecule has 0 aromatic heterocycles. The highest BCUT2D eigenvalue weighted by Gasteiger charge is 2.31. The van der Waals surface area contributed by atoms with Gasteiger partial charge in [0.05, 0.1) is 11.9 Å². The summed E-state index contributed by atoms with van der Waals surface area (Å²) in [6.45, 7) is 4.57. The lowest BCUT2D eigenvalue weighted by molar-refractivity contribution is -0.139. The number of nitrogens with one attached hydrogen (secondary N) is 1. The van der Waals surface area contributed by atoms with Crippen LogP contribution in [0.5, 0.6) is 0 Å². The van der Waals surface area contributed by atoms with Crippen molar-refractivity contribution in [1.29, 1.82) is 0 Å². The largest absolute Gasteiger partial charge is 0.352 e. The van der Waals surface area contributed by atoms with Gasteiger partial charge in [-0.3, -0.25) is 13.9 Å². The molecule has 186 valence electrons. The number of benzene rings is 2. The predicted molar refractivity (Wildman–Crippen MR) is 133 cm³/mol. The Morgan fingerprint density at radius 1 is 1.06 bits per heavy atom. The number of carbonyl (C=O) groups excluding carboxylic acids is 2. The van der Waals surface area contributed by atoms with Gasteiger partial charge in [0.1, 0.15) is 18.4 Å². The first kappa shape index (κ1) is 27.9. The van der Waals surface area contributed by atoms with Crippen LogP contribution in [0.25, 0.3) is 0 Å². The van der Waals surface area contributed by atoms with Gasteiger partial charge in [-0.25, -0.2) is 12.8 Å². The van der Waals surface area contributed by atoms with Crippen LogP contribution in [0.4, 0.5) is 10.1 Å². The summed E-state index contributed by atoms with van der Waals surface area (Å²) in [6.07, 6.45) is 1.63. The Bertz CT molecular complexity index is 1110. The Morgan fingerprint density at radius 2 is 1.62 bits per heavy atom. The lowest BCUT2D eigenvalue weighted by Crippen LogP contribution is -2.52. The van der Waals surface area contributed by atoms with Gasteiger partial charge < -0.3 is 10.2 Å². The van der Waals surface area contributed by atoms with E-state index in [0.717, 1.165) is 22.7 Å². The molecule has 7 nitrogen and oxygen atoms in total. The van der Waals surface area contributed by atoms with Crippen molar-refractivity contribution in [1.82, 2.24) is 10.2 Å². The second-order valence-corrected chi connectivity index (χ2v) is 10.7. The molecule has 0 radical (unpaired) electrons. The second kappa shape index (κ2) is 11.9. The molecule has 0 aliphatic heterocycles. The first-order valence-electron chi connectivity index (χ1n) is 10.6. The number of rotatable bonds is 10. The third-order valence-electron chi connectivity index (χ3n) is 5.35. The number of hydrogen-bond acceptors (Lipinski definition) is 4. The third kappa shape index (κ3) is 7.32. The molecule has 11 heteroatoms. The molecule has 0 saturated heterocycles. The van der Waals surface area contributed by atoms with Crippen LogP contribution in [0, 0.1) is 5.82 Å². The second-order valence-electron chi connectivity index (χ2n) is 7.96. The molecular weight excluding hydrogens is 504 g/mol. The van der Waals surface area contributed by atoms with E-state index in [4.69, 9.17) is 23.2 Å². The fraction of sp³-hybridized carbons (Fsp3) is 0.391. The van der Waals surface area contributed by atoms with Gasteiger partial charge >= 0.3 is 0 Å².